The SMILES string of the molecule is CN1CCC2(C1)CN(c1nc(N3C[C@H]4CC[C@@H](C3)N4C(=O)OC(C)(C)C)c3cc(Cl)c(-c4cc(O)cc5ccccc45)c(F)c3n1)C2. The molecule has 2 atom stereocenters. The van der Waals surface area contributed by atoms with E-state index < -0.39 is 11.4 Å². The Kier molecular flexibility index (Phi) is 7.01. The van der Waals surface area contributed by atoms with Crippen LogP contribution in [-0.2, 0) is 4.74 Å². The number of nitrogens with zero attached hydrogens (tertiary/aromatic N) is 6. The number of rotatable bonds is 3. The molecule has 0 radical (unpaired) electrons. The van der Waals surface area contributed by atoms with Gasteiger partial charge >= 0.3 is 6.09 Å². The molecule has 2 bridgehead atoms. The summed E-state index contributed by atoms with van der Waals surface area (Å²) in [4.78, 5) is 31.8. The summed E-state index contributed by atoms with van der Waals surface area (Å²) in [5.74, 6) is 0.620. The summed E-state index contributed by atoms with van der Waals surface area (Å²) in [6.45, 7) is 10.5. The maximum absolute atomic E-state index is 17.1. The van der Waals surface area contributed by atoms with Gasteiger partial charge in [0.1, 0.15) is 22.7 Å². The summed E-state index contributed by atoms with van der Waals surface area (Å²) in [7, 11) is 2.15. The average Bonchev–Trinajstić information content (AvgIpc) is 3.51. The van der Waals surface area contributed by atoms with E-state index in [4.69, 9.17) is 26.3 Å². The summed E-state index contributed by atoms with van der Waals surface area (Å²) < 4.78 is 22.8. The Bertz CT molecular complexity index is 1910. The molecule has 246 valence electrons. The molecule has 8 rings (SSSR count). The predicted molar refractivity (Wildman–Crippen MR) is 183 cm³/mol. The second kappa shape index (κ2) is 10.8. The van der Waals surface area contributed by atoms with Crippen LogP contribution < -0.4 is 9.80 Å². The Morgan fingerprint density at radius 1 is 1.02 bits per heavy atom. The summed E-state index contributed by atoms with van der Waals surface area (Å²) in [6.07, 6.45) is 2.56. The van der Waals surface area contributed by atoms with Gasteiger partial charge in [-0.1, -0.05) is 35.9 Å². The first-order valence-electron chi connectivity index (χ1n) is 16.5. The maximum Gasteiger partial charge on any atom is 0.410 e. The molecule has 4 aliphatic heterocycles. The van der Waals surface area contributed by atoms with E-state index in [-0.39, 0.29) is 45.4 Å². The Morgan fingerprint density at radius 2 is 1.74 bits per heavy atom. The number of phenolic OH excluding ortho intramolecular Hbond substituents is 1. The molecule has 0 aliphatic carbocycles. The fraction of sp³-hybridized carbons (Fsp3) is 0.472. The van der Waals surface area contributed by atoms with Crippen LogP contribution in [-0.4, -0.2) is 95.0 Å². The largest absolute Gasteiger partial charge is 0.508 e. The summed E-state index contributed by atoms with van der Waals surface area (Å²) in [6, 6.07) is 12.5. The van der Waals surface area contributed by atoms with Gasteiger partial charge in [-0.25, -0.2) is 14.2 Å². The van der Waals surface area contributed by atoms with Gasteiger partial charge < -0.3 is 24.5 Å². The molecule has 4 aromatic rings. The van der Waals surface area contributed by atoms with Crippen LogP contribution >= 0.6 is 11.6 Å². The summed E-state index contributed by atoms with van der Waals surface area (Å²) in [5, 5.41) is 12.9. The Morgan fingerprint density at radius 3 is 2.43 bits per heavy atom. The first-order valence-corrected chi connectivity index (χ1v) is 16.9. The third kappa shape index (κ3) is 5.20. The zero-order valence-electron chi connectivity index (χ0n) is 27.3. The molecule has 0 unspecified atom stereocenters. The van der Waals surface area contributed by atoms with Gasteiger partial charge in [0.2, 0.25) is 5.95 Å². The van der Waals surface area contributed by atoms with Crippen molar-refractivity contribution in [2.45, 2.75) is 57.7 Å². The van der Waals surface area contributed by atoms with E-state index in [9.17, 15) is 9.90 Å². The lowest BCUT2D eigenvalue weighted by Crippen LogP contribution is -2.58. The lowest BCUT2D eigenvalue weighted by Gasteiger charge is -2.48. The second-order valence-corrected chi connectivity index (χ2v) is 15.4. The highest BCUT2D eigenvalue weighted by atomic mass is 35.5. The molecule has 1 amide bonds. The van der Waals surface area contributed by atoms with Crippen LogP contribution in [0, 0.1) is 11.2 Å². The maximum atomic E-state index is 17.1. The second-order valence-electron chi connectivity index (χ2n) is 15.0. The minimum absolute atomic E-state index is 0.0315. The quantitative estimate of drug-likeness (QED) is 0.261. The molecule has 3 aromatic carbocycles. The highest BCUT2D eigenvalue weighted by Crippen LogP contribution is 2.45. The van der Waals surface area contributed by atoms with Crippen molar-refractivity contribution in [3.63, 3.8) is 0 Å². The third-order valence-corrected chi connectivity index (χ3v) is 10.6. The summed E-state index contributed by atoms with van der Waals surface area (Å²) in [5.41, 5.74) is 0.529. The average molecular weight is 659 g/mol. The Balaban J connectivity index is 1.23. The first kappa shape index (κ1) is 30.4. The molecule has 4 fully saturated rings. The lowest BCUT2D eigenvalue weighted by molar-refractivity contribution is 0.0123. The van der Waals surface area contributed by atoms with Crippen molar-refractivity contribution in [1.82, 2.24) is 19.8 Å². The first-order chi connectivity index (χ1) is 22.4. The highest BCUT2D eigenvalue weighted by molar-refractivity contribution is 6.35. The van der Waals surface area contributed by atoms with E-state index in [0.717, 1.165) is 56.2 Å². The number of carbonyl (C=O) groups excluding carboxylic acids is 1. The topological polar surface area (TPSA) is 85.3 Å². The number of likely N-dealkylation sites (tertiary alicyclic amines) is 1. The minimum atomic E-state index is -0.582. The van der Waals surface area contributed by atoms with Gasteiger partial charge in [0.25, 0.3) is 0 Å². The fourth-order valence-corrected chi connectivity index (χ4v) is 8.60. The van der Waals surface area contributed by atoms with E-state index >= 15 is 4.39 Å². The number of aromatic hydroxyl groups is 1. The number of amides is 1. The van der Waals surface area contributed by atoms with Crippen LogP contribution in [0.5, 0.6) is 5.75 Å². The van der Waals surface area contributed by atoms with E-state index in [1.54, 1.807) is 18.2 Å². The lowest BCUT2D eigenvalue weighted by atomic mass is 9.79. The molecule has 1 spiro atoms. The molecule has 5 heterocycles. The Labute approximate surface area is 278 Å². The van der Waals surface area contributed by atoms with E-state index in [0.29, 0.717) is 35.8 Å². The molecule has 9 nitrogen and oxygen atoms in total. The highest BCUT2D eigenvalue weighted by Gasteiger charge is 2.49. The summed E-state index contributed by atoms with van der Waals surface area (Å²) >= 11 is 6.96. The smallest absolute Gasteiger partial charge is 0.410 e. The van der Waals surface area contributed by atoms with Crippen LogP contribution in [0.15, 0.2) is 42.5 Å². The van der Waals surface area contributed by atoms with Crippen molar-refractivity contribution in [2.24, 2.45) is 5.41 Å². The van der Waals surface area contributed by atoms with Crippen molar-refractivity contribution >= 4 is 51.1 Å². The van der Waals surface area contributed by atoms with Gasteiger partial charge in [-0.2, -0.15) is 4.98 Å². The predicted octanol–water partition coefficient (Wildman–Crippen LogP) is 6.68. The molecular weight excluding hydrogens is 619 g/mol. The van der Waals surface area contributed by atoms with Crippen molar-refractivity contribution in [1.29, 1.82) is 0 Å². The monoisotopic (exact) mass is 658 g/mol. The fourth-order valence-electron chi connectivity index (χ4n) is 8.31. The zero-order chi connectivity index (χ0) is 32.8. The van der Waals surface area contributed by atoms with Crippen LogP contribution in [0.2, 0.25) is 5.02 Å². The van der Waals surface area contributed by atoms with Crippen LogP contribution in [0.25, 0.3) is 32.8 Å². The molecule has 47 heavy (non-hydrogen) atoms. The zero-order valence-corrected chi connectivity index (χ0v) is 28.0. The van der Waals surface area contributed by atoms with Crippen LogP contribution in [0.1, 0.15) is 40.0 Å². The molecule has 0 saturated carbocycles. The van der Waals surface area contributed by atoms with Gasteiger partial charge in [-0.05, 0) is 88.2 Å². The number of carbonyl (C=O) groups is 1. The molecule has 11 heteroatoms. The normalized spacial score (nSPS) is 22.5. The number of halogens is 2. The van der Waals surface area contributed by atoms with Crippen molar-refractivity contribution in [3.05, 3.63) is 53.3 Å². The minimum Gasteiger partial charge on any atom is -0.508 e. The molecule has 1 aromatic heterocycles. The van der Waals surface area contributed by atoms with Gasteiger partial charge in [0.15, 0.2) is 5.82 Å². The van der Waals surface area contributed by atoms with Crippen LogP contribution in [0.3, 0.4) is 0 Å². The van der Waals surface area contributed by atoms with Gasteiger partial charge in [0.05, 0.1) is 17.1 Å². The molecule has 1 N–H and O–H groups in total. The van der Waals surface area contributed by atoms with Crippen LogP contribution in [0.4, 0.5) is 21.0 Å². The number of phenols is 1. The number of ether oxygens (including phenoxy) is 1. The number of aromatic nitrogens is 2. The van der Waals surface area contributed by atoms with Gasteiger partial charge in [0, 0.05) is 49.1 Å². The molecule has 4 saturated heterocycles. The number of anilines is 2. The van der Waals surface area contributed by atoms with Gasteiger partial charge in [-0.3, -0.25) is 4.90 Å². The number of piperazine rings is 1. The van der Waals surface area contributed by atoms with E-state index in [1.165, 1.54) is 0 Å². The van der Waals surface area contributed by atoms with Gasteiger partial charge in [-0.15, -0.1) is 0 Å². The van der Waals surface area contributed by atoms with Crippen molar-refractivity contribution < 1.29 is 19.0 Å². The van der Waals surface area contributed by atoms with Crippen molar-refractivity contribution in [3.8, 4) is 16.9 Å². The third-order valence-electron chi connectivity index (χ3n) is 10.3. The van der Waals surface area contributed by atoms with E-state index in [1.807, 2.05) is 49.9 Å². The number of hydrogen-bond donors (Lipinski definition) is 1. The number of hydrogen-bond acceptors (Lipinski definition) is 8. The number of fused-ring (bicyclic) bond motifs is 4. The van der Waals surface area contributed by atoms with E-state index in [2.05, 4.69) is 21.7 Å². The number of benzene rings is 3. The standard InChI is InChI=1S/C36H40ClFN6O3/c1-35(2,3)47-34(46)44-22-9-10-23(44)17-42(16-22)32-27-15-28(37)29(26-14-24(45)13-21-7-5-6-8-25(21)26)30(38)31(27)39-33(40-32)43-19-36(20-43)11-12-41(4)18-36/h5-8,13-15,22-23,45H,9-12,16-20H2,1-4H3/t22-,23+. The Hall–Kier alpha value is -3.89. The molecular formula is C36H40ClFN6O3. The molecule has 4 aliphatic rings. The van der Waals surface area contributed by atoms with Crippen molar-refractivity contribution in [2.75, 3.05) is 56.1 Å².